The number of hydrogen-bond acceptors (Lipinski definition) is 4. The molecule has 0 aromatic heterocycles. The first-order chi connectivity index (χ1) is 10.8. The summed E-state index contributed by atoms with van der Waals surface area (Å²) in [5, 5.41) is 0. The number of fused-ring (bicyclic) bond motifs is 3. The first-order valence-electron chi connectivity index (χ1n) is 7.94. The van der Waals surface area contributed by atoms with Gasteiger partial charge >= 0.3 is 0 Å². The van der Waals surface area contributed by atoms with Gasteiger partial charge in [0.15, 0.2) is 5.43 Å². The minimum Gasteiger partial charge on any atom is -0.371 e. The second-order valence-corrected chi connectivity index (χ2v) is 7.30. The Morgan fingerprint density at radius 3 is 2.86 bits per heavy atom. The summed E-state index contributed by atoms with van der Waals surface area (Å²) in [5.74, 6) is 0. The number of aryl methyl sites for hydroxylation is 2. The monoisotopic (exact) mass is 308 g/mol. The quantitative estimate of drug-likeness (QED) is 0.596. The molecule has 5 rings (SSSR count). The Balaban J connectivity index is 1.90. The number of nitrogens with zero attached hydrogens (tertiary/aromatic N) is 2. The molecule has 3 heterocycles. The van der Waals surface area contributed by atoms with Gasteiger partial charge in [-0.3, -0.25) is 4.79 Å². The van der Waals surface area contributed by atoms with Crippen LogP contribution in [0.1, 0.15) is 24.0 Å². The van der Waals surface area contributed by atoms with E-state index in [0.29, 0.717) is 0 Å². The SMILES string of the molecule is O=c1ccc2nc3cc4c5c(c3sc-2c1)CCCN5CCC4. The summed E-state index contributed by atoms with van der Waals surface area (Å²) in [6.07, 6.45) is 4.77. The van der Waals surface area contributed by atoms with Gasteiger partial charge in [-0.2, -0.15) is 0 Å². The fraction of sp³-hybridized carbons (Fsp3) is 0.333. The molecule has 1 aromatic rings. The van der Waals surface area contributed by atoms with Gasteiger partial charge < -0.3 is 4.90 Å². The van der Waals surface area contributed by atoms with Crippen molar-refractivity contribution >= 4 is 27.2 Å². The maximum atomic E-state index is 11.6. The van der Waals surface area contributed by atoms with Gasteiger partial charge in [0, 0.05) is 24.8 Å². The van der Waals surface area contributed by atoms with E-state index < -0.39 is 0 Å². The molecule has 0 atom stereocenters. The van der Waals surface area contributed by atoms with E-state index in [0.717, 1.165) is 22.5 Å². The van der Waals surface area contributed by atoms with Crippen molar-refractivity contribution < 1.29 is 0 Å². The highest BCUT2D eigenvalue weighted by Gasteiger charge is 2.26. The highest BCUT2D eigenvalue weighted by atomic mass is 32.1. The van der Waals surface area contributed by atoms with Crippen molar-refractivity contribution in [1.29, 1.82) is 0 Å². The standard InChI is InChI=1S/C18H16N2OS/c21-12-5-6-14-16(10-12)22-18-13-4-2-8-20-7-1-3-11(17(13)20)9-15(18)19-14/h5-6,9-10H,1-4,7-8H2. The normalized spacial score (nSPS) is 17.0. The van der Waals surface area contributed by atoms with E-state index in [1.54, 1.807) is 23.5 Å². The summed E-state index contributed by atoms with van der Waals surface area (Å²) in [6, 6.07) is 7.47. The molecule has 110 valence electrons. The predicted molar refractivity (Wildman–Crippen MR) is 91.4 cm³/mol. The molecule has 3 aliphatic heterocycles. The molecule has 0 spiro atoms. The van der Waals surface area contributed by atoms with E-state index >= 15 is 0 Å². The van der Waals surface area contributed by atoms with E-state index in [2.05, 4.69) is 11.0 Å². The number of rotatable bonds is 0. The molecular formula is C18H16N2OS. The Bertz CT molecular complexity index is 928. The number of aromatic nitrogens is 1. The second-order valence-electron chi connectivity index (χ2n) is 6.25. The molecular weight excluding hydrogens is 292 g/mol. The molecule has 0 bridgehead atoms. The summed E-state index contributed by atoms with van der Waals surface area (Å²) in [4.78, 5) is 20.0. The van der Waals surface area contributed by atoms with Gasteiger partial charge in [-0.1, -0.05) is 0 Å². The van der Waals surface area contributed by atoms with Crippen LogP contribution >= 0.6 is 11.3 Å². The van der Waals surface area contributed by atoms with E-state index in [4.69, 9.17) is 4.98 Å². The van der Waals surface area contributed by atoms with Crippen molar-refractivity contribution in [3.05, 3.63) is 45.6 Å². The zero-order valence-electron chi connectivity index (χ0n) is 12.3. The second kappa shape index (κ2) is 4.53. The van der Waals surface area contributed by atoms with Gasteiger partial charge in [0.2, 0.25) is 0 Å². The van der Waals surface area contributed by atoms with Crippen LogP contribution in [-0.2, 0) is 12.8 Å². The number of anilines is 1. The topological polar surface area (TPSA) is 33.2 Å². The Labute approximate surface area is 132 Å². The molecule has 0 unspecified atom stereocenters. The summed E-state index contributed by atoms with van der Waals surface area (Å²) in [5.41, 5.74) is 6.52. The summed E-state index contributed by atoms with van der Waals surface area (Å²) in [7, 11) is 0. The van der Waals surface area contributed by atoms with Crippen molar-refractivity contribution in [2.45, 2.75) is 25.7 Å². The van der Waals surface area contributed by atoms with Crippen LogP contribution in [0.2, 0.25) is 0 Å². The van der Waals surface area contributed by atoms with Crippen LogP contribution < -0.4 is 10.3 Å². The highest BCUT2D eigenvalue weighted by molar-refractivity contribution is 7.21. The summed E-state index contributed by atoms with van der Waals surface area (Å²) >= 11 is 1.74. The molecule has 4 heteroatoms. The van der Waals surface area contributed by atoms with Crippen LogP contribution in [-0.4, -0.2) is 18.1 Å². The van der Waals surface area contributed by atoms with Gasteiger partial charge in [0.1, 0.15) is 0 Å². The van der Waals surface area contributed by atoms with Crippen LogP contribution in [0.15, 0.2) is 29.1 Å². The molecule has 1 aliphatic carbocycles. The van der Waals surface area contributed by atoms with Gasteiger partial charge in [-0.05, 0) is 55.0 Å². The minimum atomic E-state index is 0.0677. The maximum absolute atomic E-state index is 11.6. The first-order valence-corrected chi connectivity index (χ1v) is 8.75. The van der Waals surface area contributed by atoms with Crippen LogP contribution in [0.3, 0.4) is 0 Å². The minimum absolute atomic E-state index is 0.0677. The molecule has 3 nitrogen and oxygen atoms in total. The molecule has 0 saturated heterocycles. The average molecular weight is 308 g/mol. The fourth-order valence-electron chi connectivity index (χ4n) is 3.92. The molecule has 4 aliphatic rings. The highest BCUT2D eigenvalue weighted by Crippen LogP contribution is 2.42. The first kappa shape index (κ1) is 12.6. The predicted octanol–water partition coefficient (Wildman–Crippen LogP) is 3.46. The zero-order chi connectivity index (χ0) is 14.7. The van der Waals surface area contributed by atoms with Gasteiger partial charge in [-0.15, -0.1) is 11.3 Å². The largest absolute Gasteiger partial charge is 0.371 e. The van der Waals surface area contributed by atoms with Gasteiger partial charge in [0.05, 0.1) is 20.8 Å². The average Bonchev–Trinajstić information content (AvgIpc) is 2.54. The summed E-state index contributed by atoms with van der Waals surface area (Å²) in [6.45, 7) is 2.36. The van der Waals surface area contributed by atoms with Gasteiger partial charge in [-0.25, -0.2) is 4.98 Å². The van der Waals surface area contributed by atoms with Crippen molar-refractivity contribution in [1.82, 2.24) is 4.98 Å². The fourth-order valence-corrected chi connectivity index (χ4v) is 5.06. The van der Waals surface area contributed by atoms with Crippen molar-refractivity contribution in [2.24, 2.45) is 0 Å². The molecule has 0 radical (unpaired) electrons. The zero-order valence-corrected chi connectivity index (χ0v) is 13.1. The molecule has 0 saturated carbocycles. The van der Waals surface area contributed by atoms with E-state index in [1.165, 1.54) is 53.9 Å². The smallest absolute Gasteiger partial charge is 0.180 e. The van der Waals surface area contributed by atoms with Crippen LogP contribution in [0, 0.1) is 0 Å². The molecule has 0 amide bonds. The molecule has 0 fully saturated rings. The lowest BCUT2D eigenvalue weighted by atomic mass is 9.91. The molecule has 1 aromatic carbocycles. The maximum Gasteiger partial charge on any atom is 0.180 e. The van der Waals surface area contributed by atoms with E-state index in [1.807, 2.05) is 6.07 Å². The van der Waals surface area contributed by atoms with Crippen LogP contribution in [0.25, 0.3) is 20.8 Å². The van der Waals surface area contributed by atoms with E-state index in [-0.39, 0.29) is 5.43 Å². The number of benzene rings is 2. The Kier molecular flexibility index (Phi) is 2.59. The lowest BCUT2D eigenvalue weighted by molar-refractivity contribution is 0.637. The van der Waals surface area contributed by atoms with Crippen molar-refractivity contribution in [2.75, 3.05) is 18.0 Å². The molecule has 0 N–H and O–H groups in total. The van der Waals surface area contributed by atoms with Crippen LogP contribution in [0.5, 0.6) is 0 Å². The third kappa shape index (κ3) is 1.73. The third-order valence-electron chi connectivity index (χ3n) is 4.84. The third-order valence-corrected chi connectivity index (χ3v) is 6.04. The Morgan fingerprint density at radius 1 is 1.09 bits per heavy atom. The lowest BCUT2D eigenvalue weighted by Gasteiger charge is -2.37. The van der Waals surface area contributed by atoms with Crippen molar-refractivity contribution in [3.63, 3.8) is 0 Å². The lowest BCUT2D eigenvalue weighted by Crippen LogP contribution is -2.34. The summed E-state index contributed by atoms with van der Waals surface area (Å²) < 4.78 is 1.28. The van der Waals surface area contributed by atoms with Gasteiger partial charge in [0.25, 0.3) is 0 Å². The Hall–Kier alpha value is -1.94. The van der Waals surface area contributed by atoms with E-state index in [9.17, 15) is 4.79 Å². The van der Waals surface area contributed by atoms with Crippen LogP contribution in [0.4, 0.5) is 5.69 Å². The number of hydrogen-bond donors (Lipinski definition) is 0. The molecule has 22 heavy (non-hydrogen) atoms. The van der Waals surface area contributed by atoms with Crippen molar-refractivity contribution in [3.8, 4) is 10.6 Å². The Morgan fingerprint density at radius 2 is 1.95 bits per heavy atom.